The molecule has 2 rings (SSSR count). The van der Waals surface area contributed by atoms with Gasteiger partial charge in [0.2, 0.25) is 0 Å². The Balaban J connectivity index is 1.84. The van der Waals surface area contributed by atoms with Gasteiger partial charge < -0.3 is 10.6 Å². The molecule has 0 bridgehead atoms. The van der Waals surface area contributed by atoms with Gasteiger partial charge in [-0.25, -0.2) is 0 Å². The summed E-state index contributed by atoms with van der Waals surface area (Å²) in [4.78, 5) is 5.04. The molecule has 1 aliphatic heterocycles. The summed E-state index contributed by atoms with van der Waals surface area (Å²) in [7, 11) is 0. The van der Waals surface area contributed by atoms with Gasteiger partial charge in [0.25, 0.3) is 0 Å². The van der Waals surface area contributed by atoms with E-state index in [9.17, 15) is 0 Å². The van der Waals surface area contributed by atoms with E-state index in [2.05, 4.69) is 35.8 Å². The first-order chi connectivity index (χ1) is 8.72. The van der Waals surface area contributed by atoms with E-state index in [1.54, 1.807) is 0 Å². The highest BCUT2D eigenvalue weighted by Gasteiger charge is 2.18. The molecule has 2 N–H and O–H groups in total. The van der Waals surface area contributed by atoms with Gasteiger partial charge in [-0.3, -0.25) is 4.90 Å². The average molecular weight is 247 g/mol. The van der Waals surface area contributed by atoms with Gasteiger partial charge in [0, 0.05) is 31.9 Å². The smallest absolute Gasteiger partial charge is 0.0317 e. The Morgan fingerprint density at radius 3 is 2.67 bits per heavy atom. The number of nitrogens with two attached hydrogens (primary N) is 1. The highest BCUT2D eigenvalue weighted by atomic mass is 15.2. The molecular formula is C15H25N3. The zero-order valence-corrected chi connectivity index (χ0v) is 11.7. The van der Waals surface area contributed by atoms with Crippen molar-refractivity contribution in [3.05, 3.63) is 29.3 Å². The van der Waals surface area contributed by atoms with E-state index >= 15 is 0 Å². The third-order valence-electron chi connectivity index (χ3n) is 3.74. The molecule has 0 amide bonds. The van der Waals surface area contributed by atoms with Crippen molar-refractivity contribution in [2.75, 3.05) is 31.9 Å². The van der Waals surface area contributed by atoms with Crippen LogP contribution in [0.25, 0.3) is 0 Å². The van der Waals surface area contributed by atoms with Crippen molar-refractivity contribution in [3.8, 4) is 0 Å². The maximum atomic E-state index is 5.83. The van der Waals surface area contributed by atoms with Crippen LogP contribution in [0.2, 0.25) is 0 Å². The van der Waals surface area contributed by atoms with Crippen molar-refractivity contribution in [1.82, 2.24) is 9.80 Å². The molecule has 0 saturated carbocycles. The molecule has 0 aliphatic carbocycles. The normalized spacial score (nSPS) is 15.3. The maximum absolute atomic E-state index is 5.83. The number of fused-ring (bicyclic) bond motifs is 1. The van der Waals surface area contributed by atoms with Crippen molar-refractivity contribution in [2.24, 2.45) is 0 Å². The number of rotatable bonds is 6. The molecule has 1 aromatic rings. The quantitative estimate of drug-likeness (QED) is 0.783. The molecule has 1 aromatic carbocycles. The van der Waals surface area contributed by atoms with Crippen LogP contribution in [-0.4, -0.2) is 36.0 Å². The summed E-state index contributed by atoms with van der Waals surface area (Å²) in [5, 5.41) is 0. The molecule has 18 heavy (non-hydrogen) atoms. The number of anilines is 1. The van der Waals surface area contributed by atoms with Gasteiger partial charge in [-0.15, -0.1) is 0 Å². The van der Waals surface area contributed by atoms with Crippen LogP contribution in [-0.2, 0) is 13.1 Å². The minimum absolute atomic E-state index is 0.886. The van der Waals surface area contributed by atoms with E-state index in [0.29, 0.717) is 0 Å². The Hall–Kier alpha value is -1.06. The van der Waals surface area contributed by atoms with Gasteiger partial charge in [-0.1, -0.05) is 19.9 Å². The fourth-order valence-corrected chi connectivity index (χ4v) is 2.67. The van der Waals surface area contributed by atoms with E-state index in [-0.39, 0.29) is 0 Å². The fourth-order valence-electron chi connectivity index (χ4n) is 2.67. The van der Waals surface area contributed by atoms with Crippen LogP contribution in [0, 0.1) is 0 Å². The highest BCUT2D eigenvalue weighted by molar-refractivity contribution is 5.46. The molecule has 3 heteroatoms. The second-order valence-electron chi connectivity index (χ2n) is 5.17. The number of nitrogens with zero attached hydrogens (tertiary/aromatic N) is 2. The number of hydrogen-bond donors (Lipinski definition) is 1. The third kappa shape index (κ3) is 3.24. The molecule has 0 radical (unpaired) electrons. The minimum Gasteiger partial charge on any atom is -0.399 e. The molecule has 0 saturated heterocycles. The van der Waals surface area contributed by atoms with E-state index in [4.69, 9.17) is 5.73 Å². The van der Waals surface area contributed by atoms with Crippen molar-refractivity contribution in [1.29, 1.82) is 0 Å². The Kier molecular flexibility index (Phi) is 4.61. The molecule has 1 heterocycles. The molecule has 1 aliphatic rings. The van der Waals surface area contributed by atoms with Crippen molar-refractivity contribution in [2.45, 2.75) is 33.4 Å². The number of nitrogen functional groups attached to an aromatic ring is 1. The van der Waals surface area contributed by atoms with E-state index in [1.165, 1.54) is 30.6 Å². The number of likely N-dealkylation sites (N-methyl/N-ethyl adjacent to an activating group) is 1. The number of benzene rings is 1. The van der Waals surface area contributed by atoms with Crippen LogP contribution < -0.4 is 5.73 Å². The molecule has 100 valence electrons. The predicted molar refractivity (Wildman–Crippen MR) is 77.4 cm³/mol. The molecule has 0 fully saturated rings. The lowest BCUT2D eigenvalue weighted by Crippen LogP contribution is -2.33. The largest absolute Gasteiger partial charge is 0.399 e. The lowest BCUT2D eigenvalue weighted by Gasteiger charge is -2.23. The van der Waals surface area contributed by atoms with E-state index in [1.807, 2.05) is 6.07 Å². The fraction of sp³-hybridized carbons (Fsp3) is 0.600. The van der Waals surface area contributed by atoms with Crippen molar-refractivity contribution in [3.63, 3.8) is 0 Å². The topological polar surface area (TPSA) is 32.5 Å². The van der Waals surface area contributed by atoms with Crippen LogP contribution in [0.4, 0.5) is 5.69 Å². The summed E-state index contributed by atoms with van der Waals surface area (Å²) in [6, 6.07) is 6.31. The van der Waals surface area contributed by atoms with Crippen LogP contribution >= 0.6 is 0 Å². The second kappa shape index (κ2) is 6.21. The number of hydrogen-bond acceptors (Lipinski definition) is 3. The van der Waals surface area contributed by atoms with Gasteiger partial charge >= 0.3 is 0 Å². The Labute approximate surface area is 111 Å². The van der Waals surface area contributed by atoms with E-state index < -0.39 is 0 Å². The van der Waals surface area contributed by atoms with Crippen molar-refractivity contribution >= 4 is 5.69 Å². The third-order valence-corrected chi connectivity index (χ3v) is 3.74. The van der Waals surface area contributed by atoms with Gasteiger partial charge in [0.15, 0.2) is 0 Å². The zero-order valence-electron chi connectivity index (χ0n) is 11.7. The summed E-state index contributed by atoms with van der Waals surface area (Å²) < 4.78 is 0. The lowest BCUT2D eigenvalue weighted by molar-refractivity contribution is 0.211. The Morgan fingerprint density at radius 2 is 1.94 bits per heavy atom. The lowest BCUT2D eigenvalue weighted by atomic mass is 10.1. The summed E-state index contributed by atoms with van der Waals surface area (Å²) in [6.45, 7) is 11.3. The van der Waals surface area contributed by atoms with Crippen LogP contribution in [0.1, 0.15) is 31.4 Å². The molecule has 3 nitrogen and oxygen atoms in total. The van der Waals surface area contributed by atoms with Gasteiger partial charge in [0.05, 0.1) is 0 Å². The first kappa shape index (κ1) is 13.4. The molecule has 0 spiro atoms. The summed E-state index contributed by atoms with van der Waals surface area (Å²) in [5.74, 6) is 0. The second-order valence-corrected chi connectivity index (χ2v) is 5.17. The van der Waals surface area contributed by atoms with Crippen LogP contribution in [0.5, 0.6) is 0 Å². The molecular weight excluding hydrogens is 222 g/mol. The van der Waals surface area contributed by atoms with Crippen molar-refractivity contribution < 1.29 is 0 Å². The van der Waals surface area contributed by atoms with E-state index in [0.717, 1.165) is 31.9 Å². The first-order valence-electron chi connectivity index (χ1n) is 7.05. The minimum atomic E-state index is 0.886. The summed E-state index contributed by atoms with van der Waals surface area (Å²) in [5.41, 5.74) is 9.58. The van der Waals surface area contributed by atoms with Crippen LogP contribution in [0.15, 0.2) is 18.2 Å². The van der Waals surface area contributed by atoms with Gasteiger partial charge in [-0.05, 0) is 42.8 Å². The standard InChI is InChI=1S/C15H25N3/c1-3-7-17(4-2)8-9-18-11-13-5-6-15(16)10-14(13)12-18/h5-6,10H,3-4,7-9,11-12,16H2,1-2H3. The van der Waals surface area contributed by atoms with Gasteiger partial charge in [0.1, 0.15) is 0 Å². The highest BCUT2D eigenvalue weighted by Crippen LogP contribution is 2.24. The predicted octanol–water partition coefficient (Wildman–Crippen LogP) is 2.32. The monoisotopic (exact) mass is 247 g/mol. The van der Waals surface area contributed by atoms with Gasteiger partial charge in [-0.2, -0.15) is 0 Å². The average Bonchev–Trinajstić information content (AvgIpc) is 2.76. The van der Waals surface area contributed by atoms with Crippen LogP contribution in [0.3, 0.4) is 0 Å². The Bertz CT molecular complexity index is 389. The SMILES string of the molecule is CCCN(CC)CCN1Cc2ccc(N)cc2C1. The zero-order chi connectivity index (χ0) is 13.0. The summed E-state index contributed by atoms with van der Waals surface area (Å²) >= 11 is 0. The first-order valence-corrected chi connectivity index (χ1v) is 7.05. The molecule has 0 unspecified atom stereocenters. The Morgan fingerprint density at radius 1 is 1.17 bits per heavy atom. The summed E-state index contributed by atoms with van der Waals surface area (Å²) in [6.07, 6.45) is 1.24. The molecule has 0 atom stereocenters. The maximum Gasteiger partial charge on any atom is 0.0317 e. The molecule has 0 aromatic heterocycles.